The highest BCUT2D eigenvalue weighted by Gasteiger charge is 2.64. The fraction of sp³-hybridized carbons (Fsp3) is 0.944. The van der Waals surface area contributed by atoms with Crippen LogP contribution in [-0.2, 0) is 19.6 Å². The Morgan fingerprint density at radius 3 is 2.76 bits per heavy atom. The minimum absolute atomic E-state index is 0.141. The van der Waals surface area contributed by atoms with Crippen molar-refractivity contribution in [3.8, 4) is 0 Å². The molecule has 1 saturated carbocycles. The third-order valence-electron chi connectivity index (χ3n) is 6.99. The molecule has 3 aliphatic heterocycles. The number of ether oxygens (including phenoxy) is 1. The van der Waals surface area contributed by atoms with Crippen LogP contribution in [0.3, 0.4) is 0 Å². The van der Waals surface area contributed by atoms with Crippen LogP contribution in [0.4, 0.5) is 0 Å². The summed E-state index contributed by atoms with van der Waals surface area (Å²) in [6, 6.07) is 0. The normalized spacial score (nSPS) is 38.4. The lowest BCUT2D eigenvalue weighted by Crippen LogP contribution is -2.42. The maximum atomic E-state index is 12.3. The Morgan fingerprint density at radius 2 is 2.04 bits per heavy atom. The summed E-state index contributed by atoms with van der Waals surface area (Å²) < 4.78 is 32.4. The van der Waals surface area contributed by atoms with Crippen LogP contribution in [0, 0.1) is 17.8 Å². The first kappa shape index (κ1) is 17.7. The van der Waals surface area contributed by atoms with Crippen molar-refractivity contribution in [1.29, 1.82) is 0 Å². The Kier molecular flexibility index (Phi) is 4.61. The number of hydrogen-bond acceptors (Lipinski definition) is 4. The van der Waals surface area contributed by atoms with E-state index >= 15 is 0 Å². The van der Waals surface area contributed by atoms with E-state index in [9.17, 15) is 13.2 Å². The fourth-order valence-electron chi connectivity index (χ4n) is 5.60. The predicted octanol–water partition coefficient (Wildman–Crippen LogP) is 1.51. The van der Waals surface area contributed by atoms with E-state index in [0.717, 1.165) is 12.8 Å². The van der Waals surface area contributed by atoms with Gasteiger partial charge in [0.05, 0.1) is 17.5 Å². The smallest absolute Gasteiger partial charge is 0.220 e. The fourth-order valence-corrected chi connectivity index (χ4v) is 6.76. The van der Waals surface area contributed by atoms with Crippen molar-refractivity contribution < 1.29 is 17.9 Å². The highest BCUT2D eigenvalue weighted by Crippen LogP contribution is 2.55. The van der Waals surface area contributed by atoms with E-state index in [1.807, 2.05) is 0 Å². The zero-order valence-corrected chi connectivity index (χ0v) is 15.9. The van der Waals surface area contributed by atoms with Crippen LogP contribution in [0.25, 0.3) is 0 Å². The van der Waals surface area contributed by atoms with E-state index in [0.29, 0.717) is 32.0 Å². The standard InChI is InChI=1S/C18H30N2O4S/c1-2-25(22,23)20-11-15-14(16-7-8-18(15,12-20)24-16)10-19-17(21)9-13-5-3-4-6-13/h13-16H,2-12H2,1H3,(H,19,21)/t14-,15+,16+,18+/m0/s1. The Bertz CT molecular complexity index is 631. The molecule has 4 fully saturated rings. The number of hydrogen-bond donors (Lipinski definition) is 1. The summed E-state index contributed by atoms with van der Waals surface area (Å²) in [4.78, 5) is 12.3. The zero-order chi connectivity index (χ0) is 17.7. The van der Waals surface area contributed by atoms with Gasteiger partial charge in [-0.2, -0.15) is 4.31 Å². The summed E-state index contributed by atoms with van der Waals surface area (Å²) in [7, 11) is -3.17. The minimum atomic E-state index is -3.17. The van der Waals surface area contributed by atoms with Crippen LogP contribution in [-0.4, -0.2) is 55.7 Å². The Balaban J connectivity index is 1.37. The number of nitrogens with one attached hydrogen (secondary N) is 1. The molecule has 3 saturated heterocycles. The molecule has 1 aliphatic carbocycles. The van der Waals surface area contributed by atoms with E-state index in [2.05, 4.69) is 5.32 Å². The largest absolute Gasteiger partial charge is 0.370 e. The maximum absolute atomic E-state index is 12.3. The number of fused-ring (bicyclic) bond motifs is 1. The molecule has 0 unspecified atom stereocenters. The van der Waals surface area contributed by atoms with Crippen LogP contribution < -0.4 is 5.32 Å². The van der Waals surface area contributed by atoms with Gasteiger partial charge in [0.1, 0.15) is 0 Å². The second-order valence-electron chi connectivity index (χ2n) is 8.38. The zero-order valence-electron chi connectivity index (χ0n) is 15.1. The van der Waals surface area contributed by atoms with Gasteiger partial charge in [-0.15, -0.1) is 0 Å². The molecule has 0 aromatic rings. The Hall–Kier alpha value is -0.660. The van der Waals surface area contributed by atoms with Crippen LogP contribution in [0.15, 0.2) is 0 Å². The molecule has 142 valence electrons. The van der Waals surface area contributed by atoms with E-state index < -0.39 is 10.0 Å². The number of sulfonamides is 1. The molecule has 0 radical (unpaired) electrons. The average molecular weight is 371 g/mol. The summed E-state index contributed by atoms with van der Waals surface area (Å²) in [5.41, 5.74) is -0.298. The SMILES string of the molecule is CCS(=O)(=O)N1C[C@@H]2[C@H](CNC(=O)CC3CCCC3)[C@H]3CC[C@]2(C1)O3. The van der Waals surface area contributed by atoms with Gasteiger partial charge in [0.15, 0.2) is 0 Å². The average Bonchev–Trinajstić information content (AvgIpc) is 3.33. The van der Waals surface area contributed by atoms with Gasteiger partial charge >= 0.3 is 0 Å². The lowest BCUT2D eigenvalue weighted by atomic mass is 9.73. The van der Waals surface area contributed by atoms with Gasteiger partial charge in [-0.25, -0.2) is 8.42 Å². The monoisotopic (exact) mass is 370 g/mol. The van der Waals surface area contributed by atoms with E-state index in [-0.39, 0.29) is 35.2 Å². The maximum Gasteiger partial charge on any atom is 0.220 e. The Labute approximate surface area is 150 Å². The van der Waals surface area contributed by atoms with E-state index in [1.54, 1.807) is 11.2 Å². The van der Waals surface area contributed by atoms with Gasteiger partial charge in [-0.3, -0.25) is 4.79 Å². The van der Waals surface area contributed by atoms with Crippen LogP contribution >= 0.6 is 0 Å². The topological polar surface area (TPSA) is 75.7 Å². The lowest BCUT2D eigenvalue weighted by molar-refractivity contribution is -0.122. The summed E-state index contributed by atoms with van der Waals surface area (Å²) in [6.45, 7) is 3.37. The summed E-state index contributed by atoms with van der Waals surface area (Å²) in [5, 5.41) is 3.13. The summed E-state index contributed by atoms with van der Waals surface area (Å²) in [5.74, 6) is 1.32. The number of amides is 1. The molecule has 2 bridgehead atoms. The highest BCUT2D eigenvalue weighted by molar-refractivity contribution is 7.89. The molecule has 6 nitrogen and oxygen atoms in total. The minimum Gasteiger partial charge on any atom is -0.370 e. The van der Waals surface area contributed by atoms with Gasteiger partial charge in [0.25, 0.3) is 0 Å². The summed E-state index contributed by atoms with van der Waals surface area (Å²) in [6.07, 6.45) is 7.62. The molecular weight excluding hydrogens is 340 g/mol. The molecule has 0 aromatic carbocycles. The predicted molar refractivity (Wildman–Crippen MR) is 94.4 cm³/mol. The number of rotatable bonds is 6. The third kappa shape index (κ3) is 3.12. The second kappa shape index (κ2) is 6.50. The molecule has 4 aliphatic rings. The van der Waals surface area contributed by atoms with Crippen molar-refractivity contribution in [2.75, 3.05) is 25.4 Å². The van der Waals surface area contributed by atoms with Crippen molar-refractivity contribution in [3.63, 3.8) is 0 Å². The quantitative estimate of drug-likeness (QED) is 0.769. The van der Waals surface area contributed by atoms with Gasteiger partial charge in [0.2, 0.25) is 15.9 Å². The molecule has 0 aromatic heterocycles. The second-order valence-corrected chi connectivity index (χ2v) is 10.6. The molecular formula is C18H30N2O4S. The first-order chi connectivity index (χ1) is 11.9. The van der Waals surface area contributed by atoms with E-state index in [1.165, 1.54) is 25.7 Å². The van der Waals surface area contributed by atoms with E-state index in [4.69, 9.17) is 4.74 Å². The van der Waals surface area contributed by atoms with Gasteiger partial charge in [0, 0.05) is 37.9 Å². The first-order valence-electron chi connectivity index (χ1n) is 9.86. The molecule has 4 atom stereocenters. The highest BCUT2D eigenvalue weighted by atomic mass is 32.2. The molecule has 7 heteroatoms. The van der Waals surface area contributed by atoms with Crippen molar-refractivity contribution in [2.24, 2.45) is 17.8 Å². The number of carbonyl (C=O) groups excluding carboxylic acids is 1. The molecule has 3 heterocycles. The molecule has 1 N–H and O–H groups in total. The van der Waals surface area contributed by atoms with Crippen molar-refractivity contribution in [2.45, 2.75) is 63.6 Å². The van der Waals surface area contributed by atoms with Crippen molar-refractivity contribution in [3.05, 3.63) is 0 Å². The van der Waals surface area contributed by atoms with Gasteiger partial charge in [-0.1, -0.05) is 12.8 Å². The summed E-state index contributed by atoms with van der Waals surface area (Å²) >= 11 is 0. The van der Waals surface area contributed by atoms with Gasteiger partial charge < -0.3 is 10.1 Å². The molecule has 1 spiro atoms. The van der Waals surface area contributed by atoms with Crippen molar-refractivity contribution >= 4 is 15.9 Å². The lowest BCUT2D eigenvalue weighted by Gasteiger charge is -2.29. The molecule has 4 rings (SSSR count). The first-order valence-corrected chi connectivity index (χ1v) is 11.5. The van der Waals surface area contributed by atoms with Gasteiger partial charge in [-0.05, 0) is 38.5 Å². The number of carbonyl (C=O) groups is 1. The van der Waals surface area contributed by atoms with Crippen LogP contribution in [0.1, 0.15) is 51.9 Å². The van der Waals surface area contributed by atoms with Crippen molar-refractivity contribution in [1.82, 2.24) is 9.62 Å². The molecule has 1 amide bonds. The van der Waals surface area contributed by atoms with Crippen LogP contribution in [0.5, 0.6) is 0 Å². The third-order valence-corrected chi connectivity index (χ3v) is 8.79. The number of nitrogens with zero attached hydrogens (tertiary/aromatic N) is 1. The van der Waals surface area contributed by atoms with Crippen LogP contribution in [0.2, 0.25) is 0 Å². The Morgan fingerprint density at radius 1 is 1.28 bits per heavy atom. The molecule has 25 heavy (non-hydrogen) atoms.